The van der Waals surface area contributed by atoms with E-state index in [4.69, 9.17) is 4.74 Å². The van der Waals surface area contributed by atoms with Gasteiger partial charge in [-0.1, -0.05) is 12.1 Å². The smallest absolute Gasteiger partial charge is 0.308 e. The average molecular weight is 359 g/mol. The molecule has 0 spiro atoms. The third kappa shape index (κ3) is 5.17. The molecule has 0 bridgehead atoms. The first kappa shape index (κ1) is 19.2. The second kappa shape index (κ2) is 8.80. The van der Waals surface area contributed by atoms with Crippen LogP contribution in [0.15, 0.2) is 41.2 Å². The third-order valence-electron chi connectivity index (χ3n) is 3.77. The SMILES string of the molecule is CCOc1ccc(CC(CNC(=O)c2ccc(=O)n(C)n2)C(=O)O)cc1. The van der Waals surface area contributed by atoms with Crippen LogP contribution in [0.5, 0.6) is 5.75 Å². The van der Waals surface area contributed by atoms with Crippen molar-refractivity contribution in [3.05, 3.63) is 58.0 Å². The maximum absolute atomic E-state index is 12.1. The van der Waals surface area contributed by atoms with Crippen LogP contribution in [0.3, 0.4) is 0 Å². The number of aliphatic carboxylic acids is 1. The van der Waals surface area contributed by atoms with Gasteiger partial charge >= 0.3 is 5.97 Å². The number of aryl methyl sites for hydroxylation is 1. The number of hydrogen-bond acceptors (Lipinski definition) is 5. The van der Waals surface area contributed by atoms with Gasteiger partial charge in [-0.3, -0.25) is 14.4 Å². The summed E-state index contributed by atoms with van der Waals surface area (Å²) in [5.41, 5.74) is 0.549. The molecule has 0 saturated carbocycles. The van der Waals surface area contributed by atoms with Crippen molar-refractivity contribution >= 4 is 11.9 Å². The fourth-order valence-electron chi connectivity index (χ4n) is 2.35. The molecular weight excluding hydrogens is 338 g/mol. The lowest BCUT2D eigenvalue weighted by atomic mass is 9.99. The van der Waals surface area contributed by atoms with Crippen LogP contribution in [-0.2, 0) is 18.3 Å². The standard InChI is InChI=1S/C18H21N3O5/c1-3-26-14-6-4-12(5-7-14)10-13(18(24)25)11-19-17(23)15-8-9-16(22)21(2)20-15/h4-9,13H,3,10-11H2,1-2H3,(H,19,23)(H,24,25). The Morgan fingerprint density at radius 3 is 2.50 bits per heavy atom. The number of rotatable bonds is 8. The molecule has 0 radical (unpaired) electrons. The van der Waals surface area contributed by atoms with Crippen molar-refractivity contribution in [3.63, 3.8) is 0 Å². The molecule has 8 heteroatoms. The zero-order chi connectivity index (χ0) is 19.1. The summed E-state index contributed by atoms with van der Waals surface area (Å²) in [6.45, 7) is 2.39. The fourth-order valence-corrected chi connectivity index (χ4v) is 2.35. The fraction of sp³-hybridized carbons (Fsp3) is 0.333. The molecular formula is C18H21N3O5. The molecule has 1 aromatic carbocycles. The topological polar surface area (TPSA) is 111 Å². The maximum Gasteiger partial charge on any atom is 0.308 e. The highest BCUT2D eigenvalue weighted by Gasteiger charge is 2.20. The van der Waals surface area contributed by atoms with Crippen molar-refractivity contribution in [2.75, 3.05) is 13.2 Å². The number of hydrogen-bond donors (Lipinski definition) is 2. The van der Waals surface area contributed by atoms with Gasteiger partial charge in [0.2, 0.25) is 0 Å². The van der Waals surface area contributed by atoms with Crippen LogP contribution in [0.1, 0.15) is 23.0 Å². The molecule has 2 rings (SSSR count). The van der Waals surface area contributed by atoms with E-state index in [1.165, 1.54) is 19.2 Å². The van der Waals surface area contributed by atoms with Crippen LogP contribution in [0, 0.1) is 5.92 Å². The number of nitrogens with zero attached hydrogens (tertiary/aromatic N) is 2. The summed E-state index contributed by atoms with van der Waals surface area (Å²) in [4.78, 5) is 34.9. The van der Waals surface area contributed by atoms with E-state index in [1.54, 1.807) is 24.3 Å². The first-order chi connectivity index (χ1) is 12.4. The summed E-state index contributed by atoms with van der Waals surface area (Å²) in [5.74, 6) is -1.60. The van der Waals surface area contributed by atoms with Gasteiger partial charge in [-0.2, -0.15) is 5.10 Å². The number of ether oxygens (including phenoxy) is 1. The minimum atomic E-state index is -1.01. The van der Waals surface area contributed by atoms with Gasteiger partial charge in [0.15, 0.2) is 0 Å². The lowest BCUT2D eigenvalue weighted by Gasteiger charge is -2.14. The Balaban J connectivity index is 1.99. The molecule has 138 valence electrons. The molecule has 0 aliphatic heterocycles. The van der Waals surface area contributed by atoms with Crippen LogP contribution < -0.4 is 15.6 Å². The summed E-state index contributed by atoms with van der Waals surface area (Å²) >= 11 is 0. The van der Waals surface area contributed by atoms with Crippen molar-refractivity contribution in [2.24, 2.45) is 13.0 Å². The molecule has 1 heterocycles. The van der Waals surface area contributed by atoms with E-state index in [2.05, 4.69) is 10.4 Å². The van der Waals surface area contributed by atoms with Gasteiger partial charge in [-0.25, -0.2) is 4.68 Å². The van der Waals surface area contributed by atoms with Gasteiger partial charge in [0.1, 0.15) is 11.4 Å². The number of carboxylic acids is 1. The largest absolute Gasteiger partial charge is 0.494 e. The lowest BCUT2D eigenvalue weighted by molar-refractivity contribution is -0.141. The number of carboxylic acid groups (broad SMARTS) is 1. The Morgan fingerprint density at radius 2 is 1.92 bits per heavy atom. The van der Waals surface area contributed by atoms with Crippen molar-refractivity contribution in [1.82, 2.24) is 15.1 Å². The minimum Gasteiger partial charge on any atom is -0.494 e. The highest BCUT2D eigenvalue weighted by molar-refractivity contribution is 5.92. The summed E-state index contributed by atoms with van der Waals surface area (Å²) in [7, 11) is 1.44. The number of aromatic nitrogens is 2. The number of amides is 1. The molecule has 0 saturated heterocycles. The van der Waals surface area contributed by atoms with Crippen molar-refractivity contribution in [2.45, 2.75) is 13.3 Å². The highest BCUT2D eigenvalue weighted by atomic mass is 16.5. The van der Waals surface area contributed by atoms with E-state index in [0.717, 1.165) is 16.0 Å². The molecule has 1 amide bonds. The molecule has 2 aromatic rings. The quantitative estimate of drug-likeness (QED) is 0.723. The lowest BCUT2D eigenvalue weighted by Crippen LogP contribution is -2.35. The zero-order valence-corrected chi connectivity index (χ0v) is 14.6. The Morgan fingerprint density at radius 1 is 1.23 bits per heavy atom. The van der Waals surface area contributed by atoms with E-state index < -0.39 is 17.8 Å². The highest BCUT2D eigenvalue weighted by Crippen LogP contribution is 2.15. The second-order valence-electron chi connectivity index (χ2n) is 5.71. The maximum atomic E-state index is 12.1. The number of carbonyl (C=O) groups excluding carboxylic acids is 1. The molecule has 0 aliphatic carbocycles. The molecule has 26 heavy (non-hydrogen) atoms. The van der Waals surface area contributed by atoms with Crippen LogP contribution in [-0.4, -0.2) is 39.9 Å². The van der Waals surface area contributed by atoms with E-state index >= 15 is 0 Å². The predicted molar refractivity (Wildman–Crippen MR) is 94.3 cm³/mol. The Kier molecular flexibility index (Phi) is 6.48. The van der Waals surface area contributed by atoms with Gasteiger partial charge in [0, 0.05) is 19.7 Å². The second-order valence-corrected chi connectivity index (χ2v) is 5.71. The van der Waals surface area contributed by atoms with Gasteiger partial charge in [-0.05, 0) is 37.1 Å². The van der Waals surface area contributed by atoms with Crippen molar-refractivity contribution in [1.29, 1.82) is 0 Å². The Hall–Kier alpha value is -3.16. The van der Waals surface area contributed by atoms with Crippen LogP contribution in [0.4, 0.5) is 0 Å². The number of benzene rings is 1. The minimum absolute atomic E-state index is 0.0497. The van der Waals surface area contributed by atoms with E-state index in [-0.39, 0.29) is 24.2 Å². The average Bonchev–Trinajstić information content (AvgIpc) is 2.62. The Labute approximate surface area is 150 Å². The van der Waals surface area contributed by atoms with Crippen LogP contribution >= 0.6 is 0 Å². The molecule has 0 fully saturated rings. The Bertz CT molecular complexity index is 829. The summed E-state index contributed by atoms with van der Waals surface area (Å²) < 4.78 is 6.40. The number of nitrogens with one attached hydrogen (secondary N) is 1. The molecule has 1 atom stereocenters. The monoisotopic (exact) mass is 359 g/mol. The first-order valence-corrected chi connectivity index (χ1v) is 8.17. The van der Waals surface area contributed by atoms with E-state index in [0.29, 0.717) is 6.61 Å². The molecule has 1 unspecified atom stereocenters. The predicted octanol–water partition coefficient (Wildman–Crippen LogP) is 0.852. The van der Waals surface area contributed by atoms with Gasteiger partial charge in [-0.15, -0.1) is 0 Å². The molecule has 8 nitrogen and oxygen atoms in total. The van der Waals surface area contributed by atoms with Gasteiger partial charge < -0.3 is 15.2 Å². The van der Waals surface area contributed by atoms with E-state index in [9.17, 15) is 19.5 Å². The molecule has 0 aliphatic rings. The summed E-state index contributed by atoms with van der Waals surface area (Å²) in [6, 6.07) is 9.71. The van der Waals surface area contributed by atoms with Crippen LogP contribution in [0.2, 0.25) is 0 Å². The molecule has 2 N–H and O–H groups in total. The number of carbonyl (C=O) groups is 2. The van der Waals surface area contributed by atoms with Crippen LogP contribution in [0.25, 0.3) is 0 Å². The summed E-state index contributed by atoms with van der Waals surface area (Å²) in [6.07, 6.45) is 0.267. The van der Waals surface area contributed by atoms with E-state index in [1.807, 2.05) is 6.92 Å². The summed E-state index contributed by atoms with van der Waals surface area (Å²) in [5, 5.41) is 15.8. The normalized spacial score (nSPS) is 11.6. The van der Waals surface area contributed by atoms with Crippen molar-refractivity contribution in [3.8, 4) is 5.75 Å². The molecule has 1 aromatic heterocycles. The van der Waals surface area contributed by atoms with Gasteiger partial charge in [0.25, 0.3) is 11.5 Å². The first-order valence-electron chi connectivity index (χ1n) is 8.17. The van der Waals surface area contributed by atoms with Crippen molar-refractivity contribution < 1.29 is 19.4 Å². The van der Waals surface area contributed by atoms with Gasteiger partial charge in [0.05, 0.1) is 12.5 Å². The zero-order valence-electron chi connectivity index (χ0n) is 14.6. The third-order valence-corrected chi connectivity index (χ3v) is 3.77.